The molecule has 0 spiro atoms. The molecule has 0 aliphatic heterocycles. The highest BCUT2D eigenvalue weighted by atomic mass is 16.6. The first-order chi connectivity index (χ1) is 11.7. The first-order valence-electron chi connectivity index (χ1n) is 6.96. The molecule has 0 radical (unpaired) electrons. The van der Waals surface area contributed by atoms with E-state index >= 15 is 0 Å². The van der Waals surface area contributed by atoms with E-state index in [4.69, 9.17) is 0 Å². The van der Waals surface area contributed by atoms with Crippen LogP contribution in [0, 0.1) is 10.1 Å². The summed E-state index contributed by atoms with van der Waals surface area (Å²) in [6.45, 7) is 0. The van der Waals surface area contributed by atoms with E-state index < -0.39 is 10.9 Å². The minimum absolute atomic E-state index is 0.417. The zero-order valence-electron chi connectivity index (χ0n) is 12.1. The Bertz CT molecular complexity index is 1050. The van der Waals surface area contributed by atoms with Gasteiger partial charge in [-0.05, 0) is 29.2 Å². The lowest BCUT2D eigenvalue weighted by atomic mass is 10.2. The zero-order valence-corrected chi connectivity index (χ0v) is 12.1. The average Bonchev–Trinajstić information content (AvgIpc) is 3.12. The van der Waals surface area contributed by atoms with Gasteiger partial charge in [-0.1, -0.05) is 17.1 Å². The number of para-hydroxylation sites is 1. The molecule has 3 aromatic heterocycles. The fourth-order valence-electron chi connectivity index (χ4n) is 2.30. The summed E-state index contributed by atoms with van der Waals surface area (Å²) in [5, 5.41) is 15.4. The van der Waals surface area contributed by atoms with Gasteiger partial charge in [-0.2, -0.15) is 0 Å². The van der Waals surface area contributed by atoms with Crippen molar-refractivity contribution in [2.45, 2.75) is 0 Å². The third kappa shape index (κ3) is 2.33. The van der Waals surface area contributed by atoms with Crippen LogP contribution >= 0.6 is 0 Å². The maximum atomic E-state index is 10.8. The van der Waals surface area contributed by atoms with Gasteiger partial charge in [0.15, 0.2) is 11.6 Å². The van der Waals surface area contributed by atoms with E-state index in [-0.39, 0.29) is 0 Å². The molecule has 0 atom stereocenters. The maximum Gasteiger partial charge on any atom is 0.491 e. The molecule has 0 aliphatic rings. The molecule has 9 heteroatoms. The van der Waals surface area contributed by atoms with Crippen molar-refractivity contribution in [3.05, 3.63) is 65.2 Å². The Balaban J connectivity index is 1.97. The van der Waals surface area contributed by atoms with E-state index in [0.717, 1.165) is 5.56 Å². The lowest BCUT2D eigenvalue weighted by molar-refractivity contribution is -0.394. The van der Waals surface area contributed by atoms with Crippen molar-refractivity contribution in [3.63, 3.8) is 0 Å². The fraction of sp³-hybridized carbons (Fsp3) is 0. The Kier molecular flexibility index (Phi) is 3.16. The normalized spacial score (nSPS) is 10.8. The Morgan fingerprint density at radius 3 is 2.71 bits per heavy atom. The molecule has 4 rings (SSSR count). The summed E-state index contributed by atoms with van der Waals surface area (Å²) in [6.07, 6.45) is 4.57. The van der Waals surface area contributed by atoms with E-state index in [1.807, 2.05) is 30.3 Å². The van der Waals surface area contributed by atoms with Gasteiger partial charge in [-0.15, -0.1) is 4.68 Å². The molecule has 1 aromatic carbocycles. The monoisotopic (exact) mass is 319 g/mol. The summed E-state index contributed by atoms with van der Waals surface area (Å²) in [7, 11) is 0. The summed E-state index contributed by atoms with van der Waals surface area (Å²) < 4.78 is 1.28. The van der Waals surface area contributed by atoms with Crippen LogP contribution in [0.15, 0.2) is 55.1 Å². The Morgan fingerprint density at radius 2 is 1.96 bits per heavy atom. The molecule has 24 heavy (non-hydrogen) atoms. The molecule has 0 aliphatic carbocycles. The van der Waals surface area contributed by atoms with Gasteiger partial charge in [0, 0.05) is 28.4 Å². The number of rotatable bonds is 3. The van der Waals surface area contributed by atoms with E-state index in [1.54, 1.807) is 18.5 Å². The topological polar surface area (TPSA) is 113 Å². The predicted octanol–water partition coefficient (Wildman–Crippen LogP) is 2.18. The number of aromatic nitrogens is 6. The fourth-order valence-corrected chi connectivity index (χ4v) is 2.30. The van der Waals surface area contributed by atoms with Crippen LogP contribution in [-0.4, -0.2) is 34.6 Å². The van der Waals surface area contributed by atoms with Crippen molar-refractivity contribution in [1.29, 1.82) is 0 Å². The number of pyridine rings is 1. The number of nitro groups is 1. The summed E-state index contributed by atoms with van der Waals surface area (Å²) in [5.74, 6) is 0.385. The molecule has 0 unspecified atom stereocenters. The lowest BCUT2D eigenvalue weighted by Crippen LogP contribution is -2.03. The minimum atomic E-state index is -0.651. The minimum Gasteiger partial charge on any atom is -0.390 e. The second-order valence-corrected chi connectivity index (χ2v) is 4.88. The second kappa shape index (κ2) is 5.47. The van der Waals surface area contributed by atoms with Crippen molar-refractivity contribution in [2.24, 2.45) is 0 Å². The van der Waals surface area contributed by atoms with Crippen molar-refractivity contribution in [3.8, 4) is 17.2 Å². The van der Waals surface area contributed by atoms with Gasteiger partial charge in [0.05, 0.1) is 5.52 Å². The highest BCUT2D eigenvalue weighted by Gasteiger charge is 2.18. The standard InChI is InChI=1S/C15H9N7O2/c23-22(24)15-17-9-21(20-15)14-11-5-1-2-6-12(11)18-13(19-14)10-4-3-7-16-8-10/h1-9H. The Hall–Kier alpha value is -3.75. The third-order valence-corrected chi connectivity index (χ3v) is 3.36. The zero-order chi connectivity index (χ0) is 16.5. The van der Waals surface area contributed by atoms with Gasteiger partial charge >= 0.3 is 5.95 Å². The van der Waals surface area contributed by atoms with Gasteiger partial charge in [-0.25, -0.2) is 9.97 Å². The molecule has 0 N–H and O–H groups in total. The molecule has 0 saturated carbocycles. The maximum absolute atomic E-state index is 10.8. The molecule has 0 amide bonds. The van der Waals surface area contributed by atoms with Gasteiger partial charge < -0.3 is 10.1 Å². The van der Waals surface area contributed by atoms with Crippen LogP contribution in [0.3, 0.4) is 0 Å². The molecule has 0 fully saturated rings. The van der Waals surface area contributed by atoms with Gasteiger partial charge in [0.2, 0.25) is 6.33 Å². The summed E-state index contributed by atoms with van der Waals surface area (Å²) >= 11 is 0. The molecule has 4 aromatic rings. The van der Waals surface area contributed by atoms with E-state index in [0.29, 0.717) is 22.5 Å². The predicted molar refractivity (Wildman–Crippen MR) is 84.3 cm³/mol. The van der Waals surface area contributed by atoms with Crippen LogP contribution in [0.1, 0.15) is 0 Å². The van der Waals surface area contributed by atoms with Crippen LogP contribution in [0.25, 0.3) is 28.1 Å². The summed E-state index contributed by atoms with van der Waals surface area (Å²) in [6, 6.07) is 11.0. The average molecular weight is 319 g/mol. The van der Waals surface area contributed by atoms with Gasteiger partial charge in [0.1, 0.15) is 0 Å². The van der Waals surface area contributed by atoms with E-state index in [2.05, 4.69) is 25.0 Å². The first-order valence-corrected chi connectivity index (χ1v) is 6.96. The van der Waals surface area contributed by atoms with Crippen LogP contribution in [-0.2, 0) is 0 Å². The number of fused-ring (bicyclic) bond motifs is 1. The van der Waals surface area contributed by atoms with E-state index in [9.17, 15) is 10.1 Å². The highest BCUT2D eigenvalue weighted by Crippen LogP contribution is 2.23. The lowest BCUT2D eigenvalue weighted by Gasteiger charge is -2.06. The number of benzene rings is 1. The van der Waals surface area contributed by atoms with Gasteiger partial charge in [0.25, 0.3) is 0 Å². The molecular weight excluding hydrogens is 310 g/mol. The molecule has 116 valence electrons. The SMILES string of the molecule is O=[N+]([O-])c1ncn(-c2nc(-c3cccnc3)nc3ccccc23)n1. The number of nitrogens with zero attached hydrogens (tertiary/aromatic N) is 7. The number of hydrogen-bond donors (Lipinski definition) is 0. The van der Waals surface area contributed by atoms with Crippen molar-refractivity contribution in [1.82, 2.24) is 29.7 Å². The largest absolute Gasteiger partial charge is 0.491 e. The molecule has 0 bridgehead atoms. The van der Waals surface area contributed by atoms with Gasteiger partial charge in [-0.3, -0.25) is 4.98 Å². The van der Waals surface area contributed by atoms with E-state index in [1.165, 1.54) is 11.0 Å². The number of hydrogen-bond acceptors (Lipinski definition) is 7. The molecule has 0 saturated heterocycles. The van der Waals surface area contributed by atoms with Crippen molar-refractivity contribution >= 4 is 16.9 Å². The molecule has 9 nitrogen and oxygen atoms in total. The summed E-state index contributed by atoms with van der Waals surface area (Å²) in [4.78, 5) is 26.9. The Morgan fingerprint density at radius 1 is 1.08 bits per heavy atom. The third-order valence-electron chi connectivity index (χ3n) is 3.36. The van der Waals surface area contributed by atoms with Crippen LogP contribution in [0.4, 0.5) is 5.95 Å². The van der Waals surface area contributed by atoms with Crippen LogP contribution in [0.2, 0.25) is 0 Å². The van der Waals surface area contributed by atoms with Crippen molar-refractivity contribution < 1.29 is 4.92 Å². The smallest absolute Gasteiger partial charge is 0.390 e. The quantitative estimate of drug-likeness (QED) is 0.420. The molecular formula is C15H9N7O2. The summed E-state index contributed by atoms with van der Waals surface area (Å²) in [5.41, 5.74) is 1.43. The second-order valence-electron chi connectivity index (χ2n) is 4.88. The van der Waals surface area contributed by atoms with Crippen LogP contribution < -0.4 is 0 Å². The molecule has 3 heterocycles. The Labute approximate surface area is 134 Å². The highest BCUT2D eigenvalue weighted by molar-refractivity contribution is 5.86. The first kappa shape index (κ1) is 13.9. The van der Waals surface area contributed by atoms with Crippen molar-refractivity contribution in [2.75, 3.05) is 0 Å². The van der Waals surface area contributed by atoms with Crippen LogP contribution in [0.5, 0.6) is 0 Å².